The van der Waals surface area contributed by atoms with Crippen molar-refractivity contribution in [3.8, 4) is 11.3 Å². The number of rotatable bonds is 9. The zero-order chi connectivity index (χ0) is 26.0. The number of aliphatic hydroxyl groups is 1. The molecule has 0 saturated carbocycles. The molecule has 0 saturated heterocycles. The van der Waals surface area contributed by atoms with E-state index in [0.29, 0.717) is 16.6 Å². The first-order valence-electron chi connectivity index (χ1n) is 11.9. The van der Waals surface area contributed by atoms with Crippen molar-refractivity contribution < 1.29 is 14.7 Å². The molecule has 35 heavy (non-hydrogen) atoms. The Balaban J connectivity index is 0.000000466. The number of nitrogens with zero attached hydrogens (tertiary/aromatic N) is 2. The number of amides is 2. The van der Waals surface area contributed by atoms with Crippen LogP contribution in [0.3, 0.4) is 0 Å². The molecule has 2 unspecified atom stereocenters. The van der Waals surface area contributed by atoms with Crippen molar-refractivity contribution in [1.82, 2.24) is 14.8 Å². The predicted molar refractivity (Wildman–Crippen MR) is 145 cm³/mol. The number of aromatic nitrogens is 2. The van der Waals surface area contributed by atoms with E-state index < -0.39 is 6.04 Å². The minimum atomic E-state index is -0.683. The second-order valence-electron chi connectivity index (χ2n) is 8.89. The van der Waals surface area contributed by atoms with Crippen molar-refractivity contribution >= 4 is 35.7 Å². The van der Waals surface area contributed by atoms with Gasteiger partial charge in [0.05, 0.1) is 17.4 Å². The van der Waals surface area contributed by atoms with E-state index in [4.69, 9.17) is 5.11 Å². The second kappa shape index (κ2) is 13.8. The van der Waals surface area contributed by atoms with Crippen LogP contribution in [-0.2, 0) is 4.79 Å². The van der Waals surface area contributed by atoms with Gasteiger partial charge in [0.1, 0.15) is 6.04 Å². The first-order chi connectivity index (χ1) is 16.6. The van der Waals surface area contributed by atoms with E-state index in [9.17, 15) is 9.59 Å². The van der Waals surface area contributed by atoms with Crippen LogP contribution in [0.2, 0.25) is 6.82 Å². The number of carbonyl (C=O) groups excluding carboxylic acids is 2. The maximum atomic E-state index is 12.4. The Hall–Kier alpha value is -2.91. The summed E-state index contributed by atoms with van der Waals surface area (Å²) in [5, 5.41) is 16.9. The molecule has 0 fully saturated rings. The molecule has 2 atom stereocenters. The highest BCUT2D eigenvalue weighted by Gasteiger charge is 2.18. The highest BCUT2D eigenvalue weighted by atomic mass is 32.1. The van der Waals surface area contributed by atoms with Gasteiger partial charge in [0, 0.05) is 17.1 Å². The molecule has 0 spiro atoms. The average molecular weight is 495 g/mol. The van der Waals surface area contributed by atoms with Crippen LogP contribution in [0.4, 0.5) is 5.13 Å². The van der Waals surface area contributed by atoms with Crippen LogP contribution in [0.5, 0.6) is 0 Å². The summed E-state index contributed by atoms with van der Waals surface area (Å²) in [5.41, 5.74) is 3.47. The summed E-state index contributed by atoms with van der Waals surface area (Å²) in [6.45, 7) is 11.8. The summed E-state index contributed by atoms with van der Waals surface area (Å²) in [5.74, 6) is 0.0257. The van der Waals surface area contributed by atoms with Gasteiger partial charge < -0.3 is 20.2 Å². The normalized spacial score (nSPS) is 12.3. The second-order valence-corrected chi connectivity index (χ2v) is 9.75. The number of aliphatic hydroxyl groups excluding tert-OH is 1. The van der Waals surface area contributed by atoms with E-state index in [0.717, 1.165) is 29.7 Å². The van der Waals surface area contributed by atoms with Crippen LogP contribution in [0.1, 0.15) is 56.5 Å². The predicted octanol–water partition coefficient (Wildman–Crippen LogP) is 5.00. The minimum absolute atomic E-state index is 0.0741. The van der Waals surface area contributed by atoms with Gasteiger partial charge in [-0.3, -0.25) is 9.59 Å². The molecule has 2 aromatic heterocycles. The van der Waals surface area contributed by atoms with Crippen molar-refractivity contribution in [2.24, 2.45) is 5.92 Å². The smallest absolute Gasteiger partial charge is 0.253 e. The van der Waals surface area contributed by atoms with Crippen LogP contribution in [-0.4, -0.2) is 45.9 Å². The summed E-state index contributed by atoms with van der Waals surface area (Å²) < 4.78 is 1.78. The lowest BCUT2D eigenvalue weighted by Gasteiger charge is -2.12. The highest BCUT2D eigenvalue weighted by Crippen LogP contribution is 2.25. The minimum Gasteiger partial charge on any atom is -0.402 e. The molecule has 0 aliphatic rings. The number of aryl methyl sites for hydroxylation is 1. The maximum absolute atomic E-state index is 12.4. The summed E-state index contributed by atoms with van der Waals surface area (Å²) >= 11 is 1.35. The van der Waals surface area contributed by atoms with Crippen molar-refractivity contribution in [3.05, 3.63) is 59.2 Å². The molecule has 0 bridgehead atoms. The zero-order valence-electron chi connectivity index (χ0n) is 21.4. The third-order valence-corrected chi connectivity index (χ3v) is 6.04. The van der Waals surface area contributed by atoms with Gasteiger partial charge in [-0.25, -0.2) is 4.98 Å². The van der Waals surface area contributed by atoms with Gasteiger partial charge in [-0.1, -0.05) is 51.4 Å². The number of nitrogens with one attached hydrogen (secondary N) is 2. The molecule has 3 aromatic rings. The van der Waals surface area contributed by atoms with Gasteiger partial charge in [-0.05, 0) is 50.9 Å². The van der Waals surface area contributed by atoms with E-state index >= 15 is 0 Å². The quantitative estimate of drug-likeness (QED) is 0.364. The molecule has 3 rings (SSSR count). The molecule has 0 aliphatic carbocycles. The van der Waals surface area contributed by atoms with Crippen LogP contribution in [0, 0.1) is 12.8 Å². The molecule has 0 aliphatic heterocycles. The zero-order valence-corrected chi connectivity index (χ0v) is 22.2. The van der Waals surface area contributed by atoms with Crippen LogP contribution in [0.25, 0.3) is 11.3 Å². The van der Waals surface area contributed by atoms with Gasteiger partial charge in [0.15, 0.2) is 5.13 Å². The number of anilines is 1. The lowest BCUT2D eigenvalue weighted by molar-refractivity contribution is -0.117. The summed E-state index contributed by atoms with van der Waals surface area (Å²) in [4.78, 5) is 29.1. The first kappa shape index (κ1) is 28.3. The van der Waals surface area contributed by atoms with Crippen molar-refractivity contribution in [2.75, 3.05) is 5.32 Å². The van der Waals surface area contributed by atoms with E-state index in [-0.39, 0.29) is 17.9 Å². The van der Waals surface area contributed by atoms with Gasteiger partial charge in [-0.15, -0.1) is 11.3 Å². The van der Waals surface area contributed by atoms with Gasteiger partial charge in [-0.2, -0.15) is 0 Å². The van der Waals surface area contributed by atoms with Crippen LogP contribution in [0.15, 0.2) is 48.1 Å². The largest absolute Gasteiger partial charge is 0.402 e. The number of hydrogen-bond acceptors (Lipinski definition) is 5. The molecule has 2 amide bonds. The SMILES string of the molecule is CCC(O)CC(C)C.C[B]n1ccc(C(=O)NC(C)C(=O)Nc2nc(-c3cccc(C)c3)cs2)c1. The lowest BCUT2D eigenvalue weighted by Crippen LogP contribution is -2.41. The number of carbonyl (C=O) groups is 2. The topological polar surface area (TPSA) is 96.3 Å². The molecule has 9 heteroatoms. The Morgan fingerprint density at radius 1 is 1.23 bits per heavy atom. The maximum Gasteiger partial charge on any atom is 0.253 e. The Bertz CT molecular complexity index is 1100. The summed E-state index contributed by atoms with van der Waals surface area (Å²) in [6.07, 6.45) is 5.24. The Morgan fingerprint density at radius 3 is 2.54 bits per heavy atom. The number of benzene rings is 1. The third-order valence-electron chi connectivity index (χ3n) is 5.28. The van der Waals surface area contributed by atoms with E-state index in [1.807, 2.05) is 57.7 Å². The van der Waals surface area contributed by atoms with E-state index in [1.54, 1.807) is 29.9 Å². The molecular weight excluding hydrogens is 459 g/mol. The highest BCUT2D eigenvalue weighted by molar-refractivity contribution is 7.14. The van der Waals surface area contributed by atoms with Crippen molar-refractivity contribution in [2.45, 2.75) is 66.4 Å². The number of hydrogen-bond donors (Lipinski definition) is 3. The standard InChI is InChI=1S/C19H20BN4O2S.C7H16O/c1-12-5-4-6-14(9-12)16-11-27-19(22-16)23-17(25)13(2)21-18(26)15-7-8-24(10-15)20-3;1-4-7(8)5-6(2)3/h4-11,13H,1-3H3,(H,21,26)(H,22,23,25);6-8H,4-5H2,1-3H3. The third kappa shape index (κ3) is 9.34. The molecule has 1 radical (unpaired) electrons. The van der Waals surface area contributed by atoms with E-state index in [2.05, 4.69) is 29.5 Å². The fraction of sp³-hybridized carbons (Fsp3) is 0.423. The van der Waals surface area contributed by atoms with Gasteiger partial charge in [0.2, 0.25) is 13.3 Å². The Kier molecular flexibility index (Phi) is 11.2. The van der Waals surface area contributed by atoms with Crippen molar-refractivity contribution in [3.63, 3.8) is 0 Å². The Morgan fingerprint density at radius 2 is 1.97 bits per heavy atom. The molecule has 187 valence electrons. The summed E-state index contributed by atoms with van der Waals surface area (Å²) in [7, 11) is 1.83. The molecule has 3 N–H and O–H groups in total. The molecule has 7 nitrogen and oxygen atoms in total. The van der Waals surface area contributed by atoms with Crippen LogP contribution < -0.4 is 10.6 Å². The van der Waals surface area contributed by atoms with E-state index in [1.165, 1.54) is 11.3 Å². The van der Waals surface area contributed by atoms with Gasteiger partial charge >= 0.3 is 0 Å². The fourth-order valence-corrected chi connectivity index (χ4v) is 3.97. The fourth-order valence-electron chi connectivity index (χ4n) is 3.25. The van der Waals surface area contributed by atoms with Gasteiger partial charge in [0.25, 0.3) is 5.91 Å². The first-order valence-corrected chi connectivity index (χ1v) is 12.8. The molecule has 1 aromatic carbocycles. The monoisotopic (exact) mass is 495 g/mol. The van der Waals surface area contributed by atoms with Crippen LogP contribution >= 0.6 is 11.3 Å². The summed E-state index contributed by atoms with van der Waals surface area (Å²) in [6, 6.07) is 9.05. The lowest BCUT2D eigenvalue weighted by atomic mass is 10.0. The van der Waals surface area contributed by atoms with Crippen molar-refractivity contribution in [1.29, 1.82) is 0 Å². The number of thiazole rings is 1. The Labute approximate surface area is 213 Å². The average Bonchev–Trinajstić information content (AvgIpc) is 3.49. The molecular formula is C26H36BN4O3S. The molecule has 2 heterocycles.